The number of carbonyl (C=O) groups is 1. The van der Waals surface area contributed by atoms with E-state index >= 15 is 0 Å². The molecule has 0 amide bonds. The lowest BCUT2D eigenvalue weighted by Gasteiger charge is -2.60. The number of hydrogen-bond donors (Lipinski definition) is 1. The van der Waals surface area contributed by atoms with Gasteiger partial charge in [-0.15, -0.1) is 0 Å². The summed E-state index contributed by atoms with van der Waals surface area (Å²) in [5, 5.41) is 0. The van der Waals surface area contributed by atoms with Gasteiger partial charge >= 0.3 is 76.9 Å². The molecular weight excluding hydrogens is 869 g/mol. The summed E-state index contributed by atoms with van der Waals surface area (Å²) in [7, 11) is -31.4. The van der Waals surface area contributed by atoms with E-state index in [0.29, 0.717) is 48.3 Å². The van der Waals surface area contributed by atoms with E-state index in [1.807, 2.05) is 13.8 Å². The fourth-order valence-electron chi connectivity index (χ4n) is 7.93. The standard InChI is InChI=1S/C35H76O14Si8/c1-27(2)20-50-39-52(19-17-18-38-35(36)34(15)16)43-54(23-30(7)8)41-51(37,21-28(3)4)42-55(24-31(9)10)45-53(40-50,22-29(5)6)46-56(44-52,25-32(11)12)49-57(47-54,48-55)26-33(13)14/h27-33,37,50H,15,17-26H2,1-14,16H3. The summed E-state index contributed by atoms with van der Waals surface area (Å²) >= 11 is 0. The molecule has 0 aliphatic carbocycles. The van der Waals surface area contributed by atoms with Crippen molar-refractivity contribution >= 4 is 76.9 Å². The van der Waals surface area contributed by atoms with Gasteiger partial charge in [0, 0.05) is 47.9 Å². The zero-order valence-electron chi connectivity index (χ0n) is 37.7. The van der Waals surface area contributed by atoms with Gasteiger partial charge in [0.25, 0.3) is 0 Å². The first kappa shape index (κ1) is 50.1. The maximum atomic E-state index is 13.1. The van der Waals surface area contributed by atoms with Gasteiger partial charge in [0.1, 0.15) is 0 Å². The highest BCUT2D eigenvalue weighted by atomic mass is 28.6. The fourth-order valence-corrected chi connectivity index (χ4v) is 54.7. The Hall–Kier alpha value is 0.465. The number of hydrogen-bond acceptors (Lipinski definition) is 14. The van der Waals surface area contributed by atoms with Crippen LogP contribution < -0.4 is 0 Å². The molecule has 8 unspecified atom stereocenters. The second-order valence-corrected chi connectivity index (χ2v) is 42.8. The molecule has 4 aliphatic rings. The van der Waals surface area contributed by atoms with Gasteiger partial charge in [-0.2, -0.15) is 0 Å². The van der Waals surface area contributed by atoms with Crippen LogP contribution in [0.5, 0.6) is 0 Å². The van der Waals surface area contributed by atoms with Crippen molar-refractivity contribution < 1.29 is 59.6 Å². The molecule has 4 fully saturated rings. The highest BCUT2D eigenvalue weighted by Gasteiger charge is 2.78. The van der Waals surface area contributed by atoms with Gasteiger partial charge in [0.2, 0.25) is 0 Å². The van der Waals surface area contributed by atoms with Crippen molar-refractivity contribution in [3.63, 3.8) is 0 Å². The van der Waals surface area contributed by atoms with E-state index in [1.54, 1.807) is 6.92 Å². The Bertz CT molecular complexity index is 1370. The minimum absolute atomic E-state index is 0.00325. The normalized spacial score (nSPS) is 37.2. The van der Waals surface area contributed by atoms with Crippen LogP contribution in [0, 0.1) is 41.4 Å². The Morgan fingerprint density at radius 3 is 1.23 bits per heavy atom. The van der Waals surface area contributed by atoms with Gasteiger partial charge < -0.3 is 54.8 Å². The van der Waals surface area contributed by atoms with Crippen molar-refractivity contribution in [1.29, 1.82) is 0 Å². The predicted octanol–water partition coefficient (Wildman–Crippen LogP) is 8.11. The summed E-state index contributed by atoms with van der Waals surface area (Å²) in [6.07, 6.45) is 0.344. The third kappa shape index (κ3) is 13.7. The van der Waals surface area contributed by atoms with Crippen molar-refractivity contribution in [2.24, 2.45) is 41.4 Å². The van der Waals surface area contributed by atoms with E-state index in [1.165, 1.54) is 0 Å². The van der Waals surface area contributed by atoms with Crippen LogP contribution in [-0.4, -0.2) is 88.3 Å². The molecule has 4 heterocycles. The SMILES string of the molecule is C=C(C)C(=O)OCCC[Si]12O[SiH](CC(C)C)O[Si]3(CC(C)C)O[Si]4(CC(C)C)O[Si](O)(CC(C)C)O[Si](CC(C)C)(O1)O[Si](CC(C)C)(O4)O[Si](CC(C)C)(O2)O3. The Labute approximate surface area is 353 Å². The Morgan fingerprint density at radius 1 is 0.526 bits per heavy atom. The Kier molecular flexibility index (Phi) is 17.1. The van der Waals surface area contributed by atoms with Gasteiger partial charge in [-0.25, -0.2) is 4.79 Å². The van der Waals surface area contributed by atoms with Crippen LogP contribution in [0.15, 0.2) is 12.2 Å². The molecule has 8 atom stereocenters. The molecule has 22 heteroatoms. The van der Waals surface area contributed by atoms with Gasteiger partial charge in [0.05, 0.1) is 6.61 Å². The predicted molar refractivity (Wildman–Crippen MR) is 234 cm³/mol. The van der Waals surface area contributed by atoms with Gasteiger partial charge in [-0.1, -0.05) is 104 Å². The molecule has 0 saturated carbocycles. The molecule has 0 radical (unpaired) electrons. The van der Waals surface area contributed by atoms with E-state index in [-0.39, 0.29) is 60.1 Å². The lowest BCUT2D eigenvalue weighted by atomic mass is 10.3. The van der Waals surface area contributed by atoms with Crippen LogP contribution in [0.2, 0.25) is 48.4 Å². The molecule has 4 saturated heterocycles. The first-order valence-corrected chi connectivity index (χ1v) is 36.7. The minimum Gasteiger partial charge on any atom is -0.462 e. The van der Waals surface area contributed by atoms with E-state index in [4.69, 9.17) is 50.0 Å². The molecule has 6 bridgehead atoms. The number of fused-ring (bicyclic) bond motifs is 4. The third-order valence-corrected chi connectivity index (χ3v) is 46.9. The van der Waals surface area contributed by atoms with Crippen LogP contribution in [-0.2, 0) is 54.8 Å². The van der Waals surface area contributed by atoms with Crippen LogP contribution in [0.3, 0.4) is 0 Å². The van der Waals surface area contributed by atoms with Gasteiger partial charge in [0.15, 0.2) is 0 Å². The first-order chi connectivity index (χ1) is 26.2. The largest absolute Gasteiger partial charge is 0.483 e. The minimum atomic E-state index is -4.29. The molecule has 0 spiro atoms. The van der Waals surface area contributed by atoms with Crippen LogP contribution in [0.4, 0.5) is 0 Å². The zero-order valence-corrected chi connectivity index (χ0v) is 45.8. The molecule has 0 aromatic heterocycles. The first-order valence-electron chi connectivity index (χ1n) is 21.4. The number of rotatable bonds is 19. The molecule has 14 nitrogen and oxygen atoms in total. The van der Waals surface area contributed by atoms with Crippen molar-refractivity contribution in [3.8, 4) is 0 Å². The van der Waals surface area contributed by atoms with Crippen molar-refractivity contribution in [2.45, 2.75) is 159 Å². The lowest BCUT2D eigenvalue weighted by Crippen LogP contribution is -2.84. The molecule has 0 aromatic carbocycles. The molecule has 332 valence electrons. The van der Waals surface area contributed by atoms with Gasteiger partial charge in [-0.05, 0) is 60.8 Å². The third-order valence-electron chi connectivity index (χ3n) is 9.26. The molecule has 57 heavy (non-hydrogen) atoms. The average molecular weight is 946 g/mol. The summed E-state index contributed by atoms with van der Waals surface area (Å²) in [6, 6.07) is 2.97. The van der Waals surface area contributed by atoms with Crippen LogP contribution in [0.25, 0.3) is 0 Å². The van der Waals surface area contributed by atoms with Crippen LogP contribution >= 0.6 is 0 Å². The maximum Gasteiger partial charge on any atom is 0.483 e. The number of ether oxygens (including phenoxy) is 1. The van der Waals surface area contributed by atoms with E-state index in [9.17, 15) is 9.59 Å². The van der Waals surface area contributed by atoms with Crippen molar-refractivity contribution in [3.05, 3.63) is 12.2 Å². The quantitative estimate of drug-likeness (QED) is 0.0575. The smallest absolute Gasteiger partial charge is 0.462 e. The zero-order chi connectivity index (χ0) is 42.8. The second-order valence-electron chi connectivity index (χ2n) is 19.6. The summed E-state index contributed by atoms with van der Waals surface area (Å²) in [6.45, 7) is 34.8. The summed E-state index contributed by atoms with van der Waals surface area (Å²) in [5.74, 6) is -0.0853. The topological polar surface area (TPSA) is 148 Å². The molecule has 4 aliphatic heterocycles. The van der Waals surface area contributed by atoms with Crippen LogP contribution in [0.1, 0.15) is 110 Å². The number of esters is 1. The highest BCUT2D eigenvalue weighted by molar-refractivity contribution is 7.00. The average Bonchev–Trinajstić information content (AvgIpc) is 2.92. The van der Waals surface area contributed by atoms with Gasteiger partial charge in [-0.3, -0.25) is 0 Å². The van der Waals surface area contributed by atoms with Crippen molar-refractivity contribution in [1.82, 2.24) is 0 Å². The monoisotopic (exact) mass is 944 g/mol. The highest BCUT2D eigenvalue weighted by Crippen LogP contribution is 2.51. The fraction of sp³-hybridized carbons (Fsp3) is 0.914. The van der Waals surface area contributed by atoms with E-state index < -0.39 is 76.9 Å². The summed E-state index contributed by atoms with van der Waals surface area (Å²) in [5.41, 5.74) is 0.312. The molecule has 4 rings (SSSR count). The summed E-state index contributed by atoms with van der Waals surface area (Å²) in [4.78, 5) is 25.6. The molecule has 0 aromatic rings. The Balaban J connectivity index is 2.16. The second kappa shape index (κ2) is 19.5. The number of carbonyl (C=O) groups excluding carboxylic acids is 1. The Morgan fingerprint density at radius 2 is 0.860 bits per heavy atom. The van der Waals surface area contributed by atoms with E-state index in [2.05, 4.69) is 89.7 Å². The van der Waals surface area contributed by atoms with Crippen molar-refractivity contribution in [2.75, 3.05) is 6.61 Å². The molecular formula is C35H76O14Si8. The maximum absolute atomic E-state index is 13.1. The lowest BCUT2D eigenvalue weighted by molar-refractivity contribution is -0.139. The molecule has 1 N–H and O–H groups in total. The van der Waals surface area contributed by atoms with E-state index in [0.717, 1.165) is 0 Å². The summed E-state index contributed by atoms with van der Waals surface area (Å²) < 4.78 is 88.7.